The van der Waals surface area contributed by atoms with E-state index in [2.05, 4.69) is 0 Å². The number of anilines is 1. The van der Waals surface area contributed by atoms with Gasteiger partial charge in [-0.15, -0.1) is 0 Å². The molecule has 0 saturated carbocycles. The molecule has 0 spiro atoms. The molecule has 0 N–H and O–H groups in total. The van der Waals surface area contributed by atoms with Crippen molar-refractivity contribution in [3.8, 4) is 0 Å². The molecule has 0 fully saturated rings. The highest BCUT2D eigenvalue weighted by Crippen LogP contribution is 2.15. The number of rotatable bonds is 4. The molecule has 0 aliphatic heterocycles. The summed E-state index contributed by atoms with van der Waals surface area (Å²) in [5, 5.41) is 0. The van der Waals surface area contributed by atoms with Gasteiger partial charge in [0, 0.05) is 6.92 Å². The van der Waals surface area contributed by atoms with Crippen molar-refractivity contribution in [1.82, 2.24) is 0 Å². The molecule has 0 aromatic heterocycles. The Labute approximate surface area is 99.8 Å². The van der Waals surface area contributed by atoms with Gasteiger partial charge in [0.05, 0.1) is 11.4 Å². The topological polar surface area (TPSA) is 37.4 Å². The molecule has 0 aliphatic carbocycles. The normalized spacial score (nSPS) is 9.88. The third-order valence-electron chi connectivity index (χ3n) is 2.01. The number of hydrogen-bond donors (Lipinski definition) is 0. The lowest BCUT2D eigenvalue weighted by molar-refractivity contribution is -0.124. The molecule has 1 rings (SSSR count). The van der Waals surface area contributed by atoms with Crippen molar-refractivity contribution in [2.24, 2.45) is 0 Å². The van der Waals surface area contributed by atoms with Crippen LogP contribution in [0.25, 0.3) is 0 Å². The van der Waals surface area contributed by atoms with E-state index < -0.39 is 0 Å². The molecule has 1 aromatic carbocycles. The van der Waals surface area contributed by atoms with Crippen LogP contribution in [0.3, 0.4) is 0 Å². The average Bonchev–Trinajstić information content (AvgIpc) is 2.27. The Morgan fingerprint density at radius 1 is 1.25 bits per heavy atom. The Kier molecular flexibility index (Phi) is 5.05. The van der Waals surface area contributed by atoms with Crippen LogP contribution in [0.1, 0.15) is 13.8 Å². The third-order valence-corrected chi connectivity index (χ3v) is 2.87. The first-order valence-electron chi connectivity index (χ1n) is 5.13. The molecule has 0 aliphatic rings. The second-order valence-electron chi connectivity index (χ2n) is 3.22. The Morgan fingerprint density at radius 2 is 1.88 bits per heavy atom. The van der Waals surface area contributed by atoms with Gasteiger partial charge >= 0.3 is 0 Å². The predicted molar refractivity (Wildman–Crippen MR) is 67.6 cm³/mol. The lowest BCUT2D eigenvalue weighted by Gasteiger charge is -2.18. The van der Waals surface area contributed by atoms with Gasteiger partial charge < -0.3 is 0 Å². The zero-order valence-corrected chi connectivity index (χ0v) is 10.3. The van der Waals surface area contributed by atoms with E-state index in [1.54, 1.807) is 12.1 Å². The summed E-state index contributed by atoms with van der Waals surface area (Å²) >= 11 is 1.51. The van der Waals surface area contributed by atoms with E-state index in [4.69, 9.17) is 0 Å². The number of hydrogen-bond acceptors (Lipinski definition) is 3. The van der Waals surface area contributed by atoms with Crippen molar-refractivity contribution in [3.05, 3.63) is 30.3 Å². The molecule has 3 nitrogen and oxygen atoms in total. The number of nitrogens with zero attached hydrogens (tertiary/aromatic N) is 1. The fraction of sp³-hybridized carbons (Fsp3) is 0.333. The highest BCUT2D eigenvalue weighted by atomic mass is 32.2. The fourth-order valence-electron chi connectivity index (χ4n) is 1.33. The molecule has 0 saturated heterocycles. The van der Waals surface area contributed by atoms with Crippen LogP contribution in [-0.4, -0.2) is 23.3 Å². The maximum absolute atomic E-state index is 11.8. The van der Waals surface area contributed by atoms with Crippen LogP contribution >= 0.6 is 11.8 Å². The van der Waals surface area contributed by atoms with E-state index in [1.165, 1.54) is 23.6 Å². The van der Waals surface area contributed by atoms with Crippen LogP contribution in [0.4, 0.5) is 5.69 Å². The summed E-state index contributed by atoms with van der Waals surface area (Å²) in [7, 11) is 0. The standard InChI is InChI=1S/C12H15NO2S/c1-3-16-9-12(15)13(10(2)14)11-7-5-4-6-8-11/h4-8H,3,9H2,1-2H3. The summed E-state index contributed by atoms with van der Waals surface area (Å²) in [5.41, 5.74) is 0.636. The number of carbonyl (C=O) groups is 2. The zero-order valence-electron chi connectivity index (χ0n) is 9.47. The smallest absolute Gasteiger partial charge is 0.243 e. The lowest BCUT2D eigenvalue weighted by Crippen LogP contribution is -2.36. The van der Waals surface area contributed by atoms with Crippen molar-refractivity contribution in [3.63, 3.8) is 0 Å². The van der Waals surface area contributed by atoms with E-state index in [-0.39, 0.29) is 11.8 Å². The SMILES string of the molecule is CCSCC(=O)N(C(C)=O)c1ccccc1. The van der Waals surface area contributed by atoms with Gasteiger partial charge in [-0.25, -0.2) is 0 Å². The monoisotopic (exact) mass is 237 g/mol. The van der Waals surface area contributed by atoms with Crippen molar-refractivity contribution >= 4 is 29.3 Å². The minimum atomic E-state index is -0.243. The first kappa shape index (κ1) is 12.8. The summed E-state index contributed by atoms with van der Waals surface area (Å²) in [6, 6.07) is 9.00. The lowest BCUT2D eigenvalue weighted by atomic mass is 10.3. The van der Waals surface area contributed by atoms with Gasteiger partial charge in [0.1, 0.15) is 0 Å². The maximum atomic E-state index is 11.8. The van der Waals surface area contributed by atoms with E-state index >= 15 is 0 Å². The Balaban J connectivity index is 2.84. The Bertz CT molecular complexity index is 365. The highest BCUT2D eigenvalue weighted by molar-refractivity contribution is 7.99. The fourth-order valence-corrected chi connectivity index (χ4v) is 1.84. The predicted octanol–water partition coefficient (Wildman–Crippen LogP) is 2.32. The largest absolute Gasteiger partial charge is 0.274 e. The minimum Gasteiger partial charge on any atom is -0.274 e. The molecule has 0 unspecified atom stereocenters. The van der Waals surface area contributed by atoms with Crippen molar-refractivity contribution < 1.29 is 9.59 Å². The number of carbonyl (C=O) groups excluding carboxylic acids is 2. The first-order valence-corrected chi connectivity index (χ1v) is 6.28. The molecule has 2 amide bonds. The molecule has 0 radical (unpaired) electrons. The number of amides is 2. The summed E-state index contributed by atoms with van der Waals surface area (Å²) in [6.07, 6.45) is 0. The van der Waals surface area contributed by atoms with E-state index in [0.29, 0.717) is 11.4 Å². The highest BCUT2D eigenvalue weighted by Gasteiger charge is 2.19. The molecule has 4 heteroatoms. The van der Waals surface area contributed by atoms with Gasteiger partial charge in [-0.05, 0) is 17.9 Å². The van der Waals surface area contributed by atoms with Crippen LogP contribution in [0.15, 0.2) is 30.3 Å². The molecule has 0 heterocycles. The van der Waals surface area contributed by atoms with Gasteiger partial charge in [0.2, 0.25) is 11.8 Å². The van der Waals surface area contributed by atoms with Crippen molar-refractivity contribution in [1.29, 1.82) is 0 Å². The molecular weight excluding hydrogens is 222 g/mol. The van der Waals surface area contributed by atoms with Crippen LogP contribution in [0.2, 0.25) is 0 Å². The molecule has 0 bridgehead atoms. The summed E-state index contributed by atoms with van der Waals surface area (Å²) in [5.74, 6) is 0.801. The van der Waals surface area contributed by atoms with Crippen LogP contribution < -0.4 is 4.90 Å². The number of benzene rings is 1. The van der Waals surface area contributed by atoms with Gasteiger partial charge in [0.25, 0.3) is 0 Å². The van der Waals surface area contributed by atoms with E-state index in [0.717, 1.165) is 5.75 Å². The second-order valence-corrected chi connectivity index (χ2v) is 4.50. The van der Waals surface area contributed by atoms with E-state index in [9.17, 15) is 9.59 Å². The number of imide groups is 1. The van der Waals surface area contributed by atoms with Crippen LogP contribution in [0, 0.1) is 0 Å². The minimum absolute atomic E-state index is 0.162. The van der Waals surface area contributed by atoms with Gasteiger partial charge in [-0.3, -0.25) is 14.5 Å². The molecular formula is C12H15NO2S. The zero-order chi connectivity index (χ0) is 12.0. The van der Waals surface area contributed by atoms with E-state index in [1.807, 2.05) is 25.1 Å². The average molecular weight is 237 g/mol. The molecule has 1 aromatic rings. The quantitative estimate of drug-likeness (QED) is 0.806. The van der Waals surface area contributed by atoms with Crippen molar-refractivity contribution in [2.45, 2.75) is 13.8 Å². The summed E-state index contributed by atoms with van der Waals surface area (Å²) in [4.78, 5) is 24.5. The number of para-hydroxylation sites is 1. The summed E-state index contributed by atoms with van der Waals surface area (Å²) < 4.78 is 0. The maximum Gasteiger partial charge on any atom is 0.243 e. The molecule has 86 valence electrons. The third kappa shape index (κ3) is 3.38. The van der Waals surface area contributed by atoms with Gasteiger partial charge in [-0.1, -0.05) is 25.1 Å². The Hall–Kier alpha value is -1.29. The second kappa shape index (κ2) is 6.33. The first-order chi connectivity index (χ1) is 7.66. The van der Waals surface area contributed by atoms with Gasteiger partial charge in [0.15, 0.2) is 0 Å². The van der Waals surface area contributed by atoms with Crippen molar-refractivity contribution in [2.75, 3.05) is 16.4 Å². The van der Waals surface area contributed by atoms with Crippen LogP contribution in [0.5, 0.6) is 0 Å². The summed E-state index contributed by atoms with van der Waals surface area (Å²) in [6.45, 7) is 3.39. The Morgan fingerprint density at radius 3 is 2.38 bits per heavy atom. The number of thioether (sulfide) groups is 1. The van der Waals surface area contributed by atoms with Gasteiger partial charge in [-0.2, -0.15) is 11.8 Å². The molecule has 16 heavy (non-hydrogen) atoms. The molecule has 0 atom stereocenters. The van der Waals surface area contributed by atoms with Crippen LogP contribution in [-0.2, 0) is 9.59 Å².